The van der Waals surface area contributed by atoms with Crippen LogP contribution in [0.3, 0.4) is 0 Å². The van der Waals surface area contributed by atoms with Crippen LogP contribution in [0.5, 0.6) is 0 Å². The van der Waals surface area contributed by atoms with E-state index >= 15 is 0 Å². The highest BCUT2D eigenvalue weighted by atomic mass is 31.2. The quantitative estimate of drug-likeness (QED) is 0.0460. The molecule has 326 valence electrons. The van der Waals surface area contributed by atoms with Crippen LogP contribution in [0.1, 0.15) is 147 Å². The Morgan fingerprint density at radius 3 is 1.13 bits per heavy atom. The lowest BCUT2D eigenvalue weighted by molar-refractivity contribution is 0.321. The molecule has 0 aliphatic carbocycles. The lowest BCUT2D eigenvalue weighted by Crippen LogP contribution is -2.35. The third kappa shape index (κ3) is 14.4. The summed E-state index contributed by atoms with van der Waals surface area (Å²) in [6.07, 6.45) is 22.0. The van der Waals surface area contributed by atoms with Crippen molar-refractivity contribution >= 4 is 35.7 Å². The summed E-state index contributed by atoms with van der Waals surface area (Å²) in [7, 11) is -3.95. The minimum atomic E-state index is -1.98. The third-order valence-electron chi connectivity index (χ3n) is 14.7. The van der Waals surface area contributed by atoms with E-state index in [1.165, 1.54) is 57.3 Å². The first-order valence-corrected chi connectivity index (χ1v) is 28.1. The van der Waals surface area contributed by atoms with Crippen molar-refractivity contribution in [1.29, 1.82) is 0 Å². The molecule has 0 N–H and O–H groups in total. The Bertz CT molecular complexity index is 1800. The topological polar surface area (TPSA) is 0 Å². The maximum atomic E-state index is 2.72. The molecule has 0 nitrogen and oxygen atoms in total. The van der Waals surface area contributed by atoms with Crippen LogP contribution in [0.2, 0.25) is 0 Å². The van der Waals surface area contributed by atoms with Gasteiger partial charge in [0, 0.05) is 0 Å². The SMILES string of the molecule is CCC(C)(C)C/C=C(/CCC(C)(C)CC)C[P+](CC[P+](C/C(=C\CCC(C)(C)CC)CC(C)(C)CC)(c1ccccc1)c1ccccc1)(c1ccccc1)c1ccccc1. The van der Waals surface area contributed by atoms with Gasteiger partial charge in [-0.15, -0.1) is 0 Å². The molecule has 4 aromatic rings. The Hall–Kier alpha value is -2.78. The van der Waals surface area contributed by atoms with E-state index in [-0.39, 0.29) is 10.8 Å². The van der Waals surface area contributed by atoms with Crippen LogP contribution < -0.4 is 21.2 Å². The molecule has 0 atom stereocenters. The lowest BCUT2D eigenvalue weighted by atomic mass is 9.82. The van der Waals surface area contributed by atoms with Gasteiger partial charge in [0.1, 0.15) is 12.3 Å². The summed E-state index contributed by atoms with van der Waals surface area (Å²) < 4.78 is 0. The van der Waals surface area contributed by atoms with E-state index in [0.29, 0.717) is 10.8 Å². The van der Waals surface area contributed by atoms with Crippen LogP contribution in [-0.2, 0) is 0 Å². The molecule has 2 heteroatoms. The second-order valence-corrected chi connectivity index (χ2v) is 28.7. The Kier molecular flexibility index (Phi) is 18.7. The zero-order chi connectivity index (χ0) is 43.9. The van der Waals surface area contributed by atoms with Crippen molar-refractivity contribution in [2.75, 3.05) is 24.6 Å². The van der Waals surface area contributed by atoms with E-state index in [0.717, 1.165) is 31.6 Å². The highest BCUT2D eigenvalue weighted by Gasteiger charge is 2.51. The van der Waals surface area contributed by atoms with Crippen molar-refractivity contribution in [3.8, 4) is 0 Å². The van der Waals surface area contributed by atoms with Gasteiger partial charge in [-0.1, -0.05) is 194 Å². The predicted octanol–water partition coefficient (Wildman–Crippen LogP) is 16.3. The van der Waals surface area contributed by atoms with Crippen LogP contribution in [0, 0.1) is 21.7 Å². The lowest BCUT2D eigenvalue weighted by Gasteiger charge is -2.35. The van der Waals surface area contributed by atoms with Crippen LogP contribution in [0.15, 0.2) is 145 Å². The zero-order valence-corrected chi connectivity index (χ0v) is 42.3. The molecule has 0 fully saturated rings. The number of benzene rings is 4. The molecule has 0 saturated heterocycles. The number of hydrogen-bond donors (Lipinski definition) is 0. The molecule has 0 bridgehead atoms. The van der Waals surface area contributed by atoms with Gasteiger partial charge in [-0.3, -0.25) is 0 Å². The maximum Gasteiger partial charge on any atom is 0.103 e. The van der Waals surface area contributed by atoms with E-state index in [1.54, 1.807) is 32.4 Å². The summed E-state index contributed by atoms with van der Waals surface area (Å²) >= 11 is 0. The van der Waals surface area contributed by atoms with Gasteiger partial charge in [0.2, 0.25) is 0 Å². The fraction of sp³-hybridized carbons (Fsp3) is 0.517. The highest BCUT2D eigenvalue weighted by Crippen LogP contribution is 2.65. The van der Waals surface area contributed by atoms with E-state index in [9.17, 15) is 0 Å². The first-order valence-electron chi connectivity index (χ1n) is 23.8. The van der Waals surface area contributed by atoms with Crippen molar-refractivity contribution in [3.63, 3.8) is 0 Å². The molecule has 0 amide bonds. The second kappa shape index (κ2) is 22.5. The summed E-state index contributed by atoms with van der Waals surface area (Å²) in [6, 6.07) is 47.5. The molecule has 0 heterocycles. The molecule has 0 spiro atoms. The maximum absolute atomic E-state index is 2.72. The first kappa shape index (κ1) is 49.9. The van der Waals surface area contributed by atoms with E-state index < -0.39 is 14.5 Å². The normalized spacial score (nSPS) is 13.8. The van der Waals surface area contributed by atoms with Gasteiger partial charge in [0.05, 0.1) is 48.1 Å². The Morgan fingerprint density at radius 2 is 0.767 bits per heavy atom. The van der Waals surface area contributed by atoms with Crippen molar-refractivity contribution in [1.82, 2.24) is 0 Å². The number of rotatable bonds is 25. The molecule has 0 unspecified atom stereocenters. The summed E-state index contributed by atoms with van der Waals surface area (Å²) in [5, 5.41) is 6.26. The molecule has 60 heavy (non-hydrogen) atoms. The number of allylic oxidation sites excluding steroid dienone is 4. The second-order valence-electron chi connectivity index (χ2n) is 21.3. The van der Waals surface area contributed by atoms with Gasteiger partial charge in [0.25, 0.3) is 0 Å². The zero-order valence-electron chi connectivity index (χ0n) is 40.5. The Labute approximate surface area is 372 Å². The Morgan fingerprint density at radius 1 is 0.417 bits per heavy atom. The molecule has 0 saturated carbocycles. The largest absolute Gasteiger partial charge is 0.103 e. The average Bonchev–Trinajstić information content (AvgIpc) is 3.26. The molecule has 0 aromatic heterocycles. The standard InChI is InChI=1S/C58H86P2/c1-13-55(5,6)41-29-30-50(46-58(11,12)16-4)48-60(53-35-25-19-26-36-53,54-37-27-20-28-38-54)45-44-59(51-31-21-17-22-32-51,52-33-23-18-24-34-52)47-49(39-42-56(7,8)14-2)40-43-57(9,10)15-3/h17-28,30-39H,13-16,29,40-48H2,1-12H3/q+2/b49-39-,50-30-. The average molecular weight is 845 g/mol. The van der Waals surface area contributed by atoms with Crippen molar-refractivity contribution in [2.24, 2.45) is 21.7 Å². The molecular formula is C58H86P2+2. The molecule has 0 radical (unpaired) electrons. The molecule has 4 rings (SSSR count). The summed E-state index contributed by atoms with van der Waals surface area (Å²) in [6.45, 7) is 29.3. The van der Waals surface area contributed by atoms with Crippen LogP contribution in [-0.4, -0.2) is 24.6 Å². The minimum Gasteiger partial charge on any atom is -0.0817 e. The first-order chi connectivity index (χ1) is 28.4. The van der Waals surface area contributed by atoms with E-state index in [1.807, 2.05) is 0 Å². The fourth-order valence-electron chi connectivity index (χ4n) is 8.49. The summed E-state index contributed by atoms with van der Waals surface area (Å²) in [5.41, 5.74) is 4.58. The third-order valence-corrected chi connectivity index (χ3v) is 24.0. The summed E-state index contributed by atoms with van der Waals surface area (Å²) in [4.78, 5) is 0. The molecule has 4 aromatic carbocycles. The predicted molar refractivity (Wildman–Crippen MR) is 278 cm³/mol. The van der Waals surface area contributed by atoms with Crippen molar-refractivity contribution in [3.05, 3.63) is 145 Å². The van der Waals surface area contributed by atoms with E-state index in [4.69, 9.17) is 0 Å². The molecule has 0 aliphatic rings. The molecular weight excluding hydrogens is 759 g/mol. The van der Waals surface area contributed by atoms with Gasteiger partial charge in [-0.05, 0) is 120 Å². The van der Waals surface area contributed by atoms with Gasteiger partial charge in [0.15, 0.2) is 0 Å². The van der Waals surface area contributed by atoms with Gasteiger partial charge >= 0.3 is 0 Å². The van der Waals surface area contributed by atoms with Crippen LogP contribution >= 0.6 is 14.5 Å². The van der Waals surface area contributed by atoms with E-state index in [2.05, 4.69) is 217 Å². The fourth-order valence-corrected chi connectivity index (χ4v) is 18.8. The van der Waals surface area contributed by atoms with Crippen LogP contribution in [0.4, 0.5) is 0 Å². The van der Waals surface area contributed by atoms with Gasteiger partial charge in [-0.25, -0.2) is 0 Å². The highest BCUT2D eigenvalue weighted by molar-refractivity contribution is 7.93. The van der Waals surface area contributed by atoms with Crippen molar-refractivity contribution in [2.45, 2.75) is 147 Å². The van der Waals surface area contributed by atoms with Crippen LogP contribution in [0.25, 0.3) is 0 Å². The van der Waals surface area contributed by atoms with Gasteiger partial charge < -0.3 is 0 Å². The summed E-state index contributed by atoms with van der Waals surface area (Å²) in [5.74, 6) is 0. The monoisotopic (exact) mass is 845 g/mol. The van der Waals surface area contributed by atoms with Gasteiger partial charge in [-0.2, -0.15) is 0 Å². The smallest absolute Gasteiger partial charge is 0.0817 e. The van der Waals surface area contributed by atoms with Crippen molar-refractivity contribution < 1.29 is 0 Å². The Balaban J connectivity index is 2.01. The minimum absolute atomic E-state index is 0.248. The molecule has 0 aliphatic heterocycles. The number of hydrogen-bond acceptors (Lipinski definition) is 0.